The third-order valence-electron chi connectivity index (χ3n) is 6.59. The third kappa shape index (κ3) is 6.22. The fraction of sp³-hybridized carbons (Fsp3) is 0.179. The summed E-state index contributed by atoms with van der Waals surface area (Å²) in [4.78, 5) is 41.1. The number of nitrogens with zero attached hydrogens (tertiary/aromatic N) is 7. The van der Waals surface area contributed by atoms with E-state index in [2.05, 4.69) is 25.7 Å². The number of carbonyl (C=O) groups excluding carboxylic acids is 1. The molecule has 0 bridgehead atoms. The molecular formula is C28H23ClF3N9O3. The highest BCUT2D eigenvalue weighted by atomic mass is 35.5. The van der Waals surface area contributed by atoms with Crippen molar-refractivity contribution in [1.29, 1.82) is 0 Å². The Labute approximate surface area is 252 Å². The van der Waals surface area contributed by atoms with E-state index in [0.29, 0.717) is 36.8 Å². The standard InChI is InChI=1S/C27H21ClF3N9O.CH2O2/c1-14-3-4-15(25(41)37-22-9-20(27(29,30)31)21(28)12-33-22)7-18(14)19-8-16-10-34-26(36-17-11-35-39(2)13-17)38-23(16)40-6-5-32-24(19)40;2-1-3/h3-4,7-13H,5-6H2,1-2H3,(H,33,37,41)(H,34,36,38);1H,(H,2,3). The molecule has 0 spiro atoms. The van der Waals surface area contributed by atoms with Crippen LogP contribution in [0, 0.1) is 6.92 Å². The fourth-order valence-corrected chi connectivity index (χ4v) is 4.85. The molecule has 1 aromatic carbocycles. The zero-order chi connectivity index (χ0) is 31.6. The van der Waals surface area contributed by atoms with E-state index in [1.807, 2.05) is 31.1 Å². The van der Waals surface area contributed by atoms with E-state index in [1.165, 1.54) is 0 Å². The summed E-state index contributed by atoms with van der Waals surface area (Å²) < 4.78 is 41.5. The predicted molar refractivity (Wildman–Crippen MR) is 158 cm³/mol. The molecule has 0 aliphatic carbocycles. The van der Waals surface area contributed by atoms with Crippen molar-refractivity contribution in [3.63, 3.8) is 0 Å². The molecule has 2 aliphatic rings. The monoisotopic (exact) mass is 625 g/mol. The second-order valence-corrected chi connectivity index (χ2v) is 9.96. The molecular weight excluding hydrogens is 603 g/mol. The fourth-order valence-electron chi connectivity index (χ4n) is 4.64. The lowest BCUT2D eigenvalue weighted by Gasteiger charge is -2.28. The van der Waals surface area contributed by atoms with Gasteiger partial charge in [-0.1, -0.05) is 17.7 Å². The number of alkyl halides is 3. The lowest BCUT2D eigenvalue weighted by molar-refractivity contribution is -0.137. The van der Waals surface area contributed by atoms with Gasteiger partial charge in [-0.15, -0.1) is 0 Å². The first-order chi connectivity index (χ1) is 21.0. The molecule has 3 N–H and O–H groups in total. The van der Waals surface area contributed by atoms with Crippen molar-refractivity contribution in [2.45, 2.75) is 13.1 Å². The molecule has 6 rings (SSSR count). The number of carbonyl (C=O) groups is 2. The molecule has 0 atom stereocenters. The maximum atomic E-state index is 13.3. The number of aromatic nitrogens is 5. The topological polar surface area (TPSA) is 151 Å². The molecule has 2 aliphatic heterocycles. The minimum Gasteiger partial charge on any atom is -0.483 e. The normalized spacial score (nSPS) is 13.5. The molecule has 12 nitrogen and oxygen atoms in total. The van der Waals surface area contributed by atoms with E-state index in [4.69, 9.17) is 31.5 Å². The number of nitrogens with one attached hydrogen (secondary N) is 2. The number of amidine groups is 1. The van der Waals surface area contributed by atoms with Gasteiger partial charge in [-0.05, 0) is 42.3 Å². The first kappa shape index (κ1) is 30.2. The van der Waals surface area contributed by atoms with Crippen LogP contribution in [-0.4, -0.2) is 61.1 Å². The summed E-state index contributed by atoms with van der Waals surface area (Å²) >= 11 is 5.65. The van der Waals surface area contributed by atoms with Crippen molar-refractivity contribution in [2.75, 3.05) is 28.6 Å². The molecule has 226 valence electrons. The average molecular weight is 626 g/mol. The van der Waals surface area contributed by atoms with Gasteiger partial charge < -0.3 is 20.6 Å². The second-order valence-electron chi connectivity index (χ2n) is 9.55. The van der Waals surface area contributed by atoms with Crippen LogP contribution in [0.15, 0.2) is 54.0 Å². The molecule has 0 unspecified atom stereocenters. The van der Waals surface area contributed by atoms with Crippen LogP contribution in [0.4, 0.5) is 36.4 Å². The summed E-state index contributed by atoms with van der Waals surface area (Å²) in [5, 5.41) is 16.1. The number of rotatable bonds is 5. The Bertz CT molecular complexity index is 1820. The Morgan fingerprint density at radius 3 is 2.64 bits per heavy atom. The molecule has 44 heavy (non-hydrogen) atoms. The Morgan fingerprint density at radius 2 is 1.93 bits per heavy atom. The minimum absolute atomic E-state index is 0.236. The smallest absolute Gasteiger partial charge is 0.418 e. The maximum Gasteiger partial charge on any atom is 0.418 e. The van der Waals surface area contributed by atoms with Gasteiger partial charge in [0.05, 0.1) is 29.0 Å². The van der Waals surface area contributed by atoms with E-state index in [1.54, 1.807) is 35.3 Å². The van der Waals surface area contributed by atoms with Crippen LogP contribution in [0.1, 0.15) is 32.6 Å². The van der Waals surface area contributed by atoms with E-state index in [9.17, 15) is 18.0 Å². The highest BCUT2D eigenvalue weighted by Gasteiger charge is 2.34. The Balaban J connectivity index is 0.00000123. The SMILES string of the molecule is Cc1ccc(C(=O)Nc2cc(C(F)(F)F)c(Cl)cn2)cc1C1=Cc2cnc(Nc3cnn(C)c3)nc2N2CCN=C12.O=CO. The molecule has 4 aromatic rings. The van der Waals surface area contributed by atoms with Gasteiger partial charge in [-0.25, -0.2) is 9.97 Å². The largest absolute Gasteiger partial charge is 0.483 e. The van der Waals surface area contributed by atoms with Crippen molar-refractivity contribution in [2.24, 2.45) is 12.0 Å². The minimum atomic E-state index is -4.69. The summed E-state index contributed by atoms with van der Waals surface area (Å²) in [7, 11) is 1.82. The van der Waals surface area contributed by atoms with E-state index >= 15 is 0 Å². The maximum absolute atomic E-state index is 13.3. The van der Waals surface area contributed by atoms with Crippen molar-refractivity contribution in [1.82, 2.24) is 24.7 Å². The van der Waals surface area contributed by atoms with Gasteiger partial charge in [0.15, 0.2) is 0 Å². The van der Waals surface area contributed by atoms with Gasteiger partial charge in [-0.2, -0.15) is 23.3 Å². The van der Waals surface area contributed by atoms with Crippen LogP contribution in [0.5, 0.6) is 0 Å². The van der Waals surface area contributed by atoms with Gasteiger partial charge in [-0.3, -0.25) is 19.3 Å². The van der Waals surface area contributed by atoms with Crippen LogP contribution < -0.4 is 15.5 Å². The zero-order valence-corrected chi connectivity index (χ0v) is 23.8. The van der Waals surface area contributed by atoms with E-state index < -0.39 is 22.7 Å². The summed E-state index contributed by atoms with van der Waals surface area (Å²) in [5.41, 5.74) is 3.08. The number of pyridine rings is 1. The average Bonchev–Trinajstić information content (AvgIpc) is 3.63. The first-order valence-corrected chi connectivity index (χ1v) is 13.3. The summed E-state index contributed by atoms with van der Waals surface area (Å²) in [5.74, 6) is 0.939. The van der Waals surface area contributed by atoms with Crippen LogP contribution in [0.2, 0.25) is 5.02 Å². The van der Waals surface area contributed by atoms with Gasteiger partial charge in [0, 0.05) is 48.9 Å². The van der Waals surface area contributed by atoms with Gasteiger partial charge >= 0.3 is 6.18 Å². The highest BCUT2D eigenvalue weighted by Crippen LogP contribution is 2.37. The quantitative estimate of drug-likeness (QED) is 0.259. The predicted octanol–water partition coefficient (Wildman–Crippen LogP) is 5.06. The summed E-state index contributed by atoms with van der Waals surface area (Å²) in [6, 6.07) is 5.76. The molecule has 0 saturated heterocycles. The van der Waals surface area contributed by atoms with E-state index in [0.717, 1.165) is 34.1 Å². The van der Waals surface area contributed by atoms with E-state index in [-0.39, 0.29) is 17.9 Å². The molecule has 3 aromatic heterocycles. The number of aliphatic imine (C=N–C) groups is 1. The highest BCUT2D eigenvalue weighted by molar-refractivity contribution is 6.36. The molecule has 0 radical (unpaired) electrons. The number of carboxylic acid groups (broad SMARTS) is 1. The zero-order valence-electron chi connectivity index (χ0n) is 23.1. The lowest BCUT2D eigenvalue weighted by Crippen LogP contribution is -2.32. The van der Waals surface area contributed by atoms with Crippen LogP contribution in [0.3, 0.4) is 0 Å². The van der Waals surface area contributed by atoms with Crippen LogP contribution in [0.25, 0.3) is 11.6 Å². The number of anilines is 4. The second kappa shape index (κ2) is 12.1. The Morgan fingerprint density at radius 1 is 1.16 bits per heavy atom. The summed E-state index contributed by atoms with van der Waals surface area (Å²) in [6.07, 6.45) is 3.29. The number of halogens is 4. The third-order valence-corrected chi connectivity index (χ3v) is 6.89. The molecule has 16 heteroatoms. The Kier molecular flexibility index (Phi) is 8.31. The van der Waals surface area contributed by atoms with Crippen LogP contribution in [-0.2, 0) is 18.0 Å². The van der Waals surface area contributed by atoms with Gasteiger partial charge in [0.1, 0.15) is 17.5 Å². The molecule has 5 heterocycles. The van der Waals surface area contributed by atoms with Gasteiger partial charge in [0.25, 0.3) is 12.4 Å². The van der Waals surface area contributed by atoms with Crippen molar-refractivity contribution < 1.29 is 27.9 Å². The van der Waals surface area contributed by atoms with Crippen LogP contribution >= 0.6 is 11.6 Å². The van der Waals surface area contributed by atoms with Gasteiger partial charge in [0.2, 0.25) is 5.95 Å². The number of fused-ring (bicyclic) bond motifs is 3. The number of amides is 1. The number of hydrogen-bond donors (Lipinski definition) is 3. The Hall–Kier alpha value is -5.31. The lowest BCUT2D eigenvalue weighted by atomic mass is 9.93. The van der Waals surface area contributed by atoms with Crippen molar-refractivity contribution >= 4 is 64.7 Å². The number of aryl methyl sites for hydroxylation is 2. The molecule has 1 amide bonds. The van der Waals surface area contributed by atoms with Crippen molar-refractivity contribution in [3.8, 4) is 0 Å². The molecule has 0 saturated carbocycles. The first-order valence-electron chi connectivity index (χ1n) is 12.9. The number of benzene rings is 1. The molecule has 0 fully saturated rings. The summed E-state index contributed by atoms with van der Waals surface area (Å²) in [6.45, 7) is 2.83. The number of hydrogen-bond acceptors (Lipinski definition) is 9. The van der Waals surface area contributed by atoms with Crippen molar-refractivity contribution in [3.05, 3.63) is 81.9 Å².